The second-order valence-electron chi connectivity index (χ2n) is 4.80. The normalized spacial score (nSPS) is 11.5. The SMILES string of the molecule is CCc1c(C)cc(C(=O)NC)c(=O)n1CCCC(F)(F)F. The number of carbonyl (C=O) groups excluding carboxylic acids is 1. The highest BCUT2D eigenvalue weighted by Gasteiger charge is 2.26. The highest BCUT2D eigenvalue weighted by atomic mass is 19.4. The second-order valence-corrected chi connectivity index (χ2v) is 4.80. The zero-order chi connectivity index (χ0) is 16.2. The van der Waals surface area contributed by atoms with Crippen LogP contribution in [0.3, 0.4) is 0 Å². The Hall–Kier alpha value is -1.79. The maximum absolute atomic E-state index is 12.3. The summed E-state index contributed by atoms with van der Waals surface area (Å²) in [7, 11) is 1.40. The molecule has 0 aliphatic carbocycles. The van der Waals surface area contributed by atoms with Crippen molar-refractivity contribution < 1.29 is 18.0 Å². The van der Waals surface area contributed by atoms with Crippen molar-refractivity contribution in [3.63, 3.8) is 0 Å². The number of hydrogen-bond donors (Lipinski definition) is 1. The van der Waals surface area contributed by atoms with E-state index in [-0.39, 0.29) is 18.5 Å². The van der Waals surface area contributed by atoms with E-state index < -0.39 is 24.1 Å². The monoisotopic (exact) mass is 304 g/mol. The molecule has 0 radical (unpaired) electrons. The maximum Gasteiger partial charge on any atom is 0.389 e. The fourth-order valence-corrected chi connectivity index (χ4v) is 2.28. The molecule has 0 atom stereocenters. The molecule has 0 fully saturated rings. The van der Waals surface area contributed by atoms with E-state index in [1.54, 1.807) is 6.92 Å². The van der Waals surface area contributed by atoms with Crippen LogP contribution in [-0.2, 0) is 13.0 Å². The summed E-state index contributed by atoms with van der Waals surface area (Å²) >= 11 is 0. The predicted octanol–water partition coefficient (Wildman–Crippen LogP) is 2.42. The Balaban J connectivity index is 3.18. The molecule has 1 amide bonds. The molecule has 0 aromatic carbocycles. The van der Waals surface area contributed by atoms with Crippen LogP contribution in [0.2, 0.25) is 0 Å². The van der Waals surface area contributed by atoms with Crippen molar-refractivity contribution in [3.05, 3.63) is 33.2 Å². The summed E-state index contributed by atoms with van der Waals surface area (Å²) in [5.41, 5.74) is 0.802. The second kappa shape index (κ2) is 6.78. The van der Waals surface area contributed by atoms with Crippen LogP contribution in [-0.4, -0.2) is 23.7 Å². The molecule has 1 rings (SSSR count). The first kappa shape index (κ1) is 17.3. The third-order valence-corrected chi connectivity index (χ3v) is 3.27. The lowest BCUT2D eigenvalue weighted by Crippen LogP contribution is -2.33. The number of nitrogens with zero attached hydrogens (tertiary/aromatic N) is 1. The molecule has 118 valence electrons. The van der Waals surface area contributed by atoms with Gasteiger partial charge in [-0.05, 0) is 31.4 Å². The number of carbonyl (C=O) groups is 1. The average Bonchev–Trinajstić information content (AvgIpc) is 2.40. The van der Waals surface area contributed by atoms with Crippen molar-refractivity contribution in [2.45, 2.75) is 45.8 Å². The molecule has 0 spiro atoms. The molecule has 4 nitrogen and oxygen atoms in total. The molecule has 1 aromatic rings. The van der Waals surface area contributed by atoms with Gasteiger partial charge in [0.15, 0.2) is 0 Å². The number of aromatic nitrogens is 1. The van der Waals surface area contributed by atoms with Crippen LogP contribution in [0.25, 0.3) is 0 Å². The third kappa shape index (κ3) is 4.34. The standard InChI is InChI=1S/C14H19F3N2O2/c1-4-11-9(2)8-10(12(20)18-3)13(21)19(11)7-5-6-14(15,16)17/h8H,4-7H2,1-3H3,(H,18,20). The van der Waals surface area contributed by atoms with Gasteiger partial charge >= 0.3 is 6.18 Å². The Kier molecular flexibility index (Phi) is 5.57. The molecule has 0 saturated carbocycles. The maximum atomic E-state index is 12.3. The van der Waals surface area contributed by atoms with Crippen LogP contribution in [0, 0.1) is 6.92 Å². The number of alkyl halides is 3. The van der Waals surface area contributed by atoms with Crippen LogP contribution >= 0.6 is 0 Å². The van der Waals surface area contributed by atoms with E-state index in [4.69, 9.17) is 0 Å². The quantitative estimate of drug-likeness (QED) is 0.908. The predicted molar refractivity (Wildman–Crippen MR) is 73.5 cm³/mol. The lowest BCUT2D eigenvalue weighted by atomic mass is 10.1. The van der Waals surface area contributed by atoms with Gasteiger partial charge in [0, 0.05) is 25.7 Å². The Morgan fingerprint density at radius 3 is 2.48 bits per heavy atom. The Morgan fingerprint density at radius 1 is 1.38 bits per heavy atom. The van der Waals surface area contributed by atoms with Gasteiger partial charge in [-0.3, -0.25) is 9.59 Å². The number of nitrogens with one attached hydrogen (secondary N) is 1. The van der Waals surface area contributed by atoms with Crippen LogP contribution in [0.1, 0.15) is 41.4 Å². The van der Waals surface area contributed by atoms with E-state index in [1.165, 1.54) is 17.7 Å². The fourth-order valence-electron chi connectivity index (χ4n) is 2.28. The van der Waals surface area contributed by atoms with Gasteiger partial charge < -0.3 is 9.88 Å². The highest BCUT2D eigenvalue weighted by molar-refractivity contribution is 5.93. The zero-order valence-corrected chi connectivity index (χ0v) is 12.3. The molecule has 0 aliphatic heterocycles. The van der Waals surface area contributed by atoms with E-state index in [2.05, 4.69) is 5.32 Å². The molecule has 0 saturated heterocycles. The van der Waals surface area contributed by atoms with Crippen LogP contribution in [0.4, 0.5) is 13.2 Å². The number of rotatable bonds is 5. The molecule has 1 heterocycles. The lowest BCUT2D eigenvalue weighted by molar-refractivity contribution is -0.135. The van der Waals surface area contributed by atoms with Crippen LogP contribution in [0.5, 0.6) is 0 Å². The third-order valence-electron chi connectivity index (χ3n) is 3.27. The van der Waals surface area contributed by atoms with Gasteiger partial charge in [0.25, 0.3) is 11.5 Å². The first-order valence-electron chi connectivity index (χ1n) is 6.73. The van der Waals surface area contributed by atoms with Crippen LogP contribution < -0.4 is 10.9 Å². The summed E-state index contributed by atoms with van der Waals surface area (Å²) in [4.78, 5) is 23.9. The Labute approximate surface area is 121 Å². The summed E-state index contributed by atoms with van der Waals surface area (Å²) in [6.45, 7) is 3.51. The Morgan fingerprint density at radius 2 is 2.00 bits per heavy atom. The summed E-state index contributed by atoms with van der Waals surface area (Å²) in [6, 6.07) is 1.49. The molecule has 0 bridgehead atoms. The van der Waals surface area contributed by atoms with Gasteiger partial charge in [-0.2, -0.15) is 13.2 Å². The fraction of sp³-hybridized carbons (Fsp3) is 0.571. The molecule has 0 aliphatic rings. The minimum atomic E-state index is -4.25. The molecule has 7 heteroatoms. The van der Waals surface area contributed by atoms with Crippen molar-refractivity contribution in [1.29, 1.82) is 0 Å². The van der Waals surface area contributed by atoms with Crippen molar-refractivity contribution in [3.8, 4) is 0 Å². The van der Waals surface area contributed by atoms with E-state index in [0.717, 1.165) is 5.56 Å². The molecule has 1 N–H and O–H groups in total. The van der Waals surface area contributed by atoms with Crippen molar-refractivity contribution in [2.75, 3.05) is 7.05 Å². The molecule has 21 heavy (non-hydrogen) atoms. The Bertz CT molecular complexity index is 577. The summed E-state index contributed by atoms with van der Waals surface area (Å²) in [5, 5.41) is 2.36. The number of halogens is 3. The number of amides is 1. The van der Waals surface area contributed by atoms with E-state index in [9.17, 15) is 22.8 Å². The summed E-state index contributed by atoms with van der Waals surface area (Å²) in [5.74, 6) is -0.532. The topological polar surface area (TPSA) is 51.1 Å². The average molecular weight is 304 g/mol. The van der Waals surface area contributed by atoms with Gasteiger partial charge in [-0.25, -0.2) is 0 Å². The van der Waals surface area contributed by atoms with Gasteiger partial charge in [0.05, 0.1) is 0 Å². The van der Waals surface area contributed by atoms with E-state index in [0.29, 0.717) is 12.1 Å². The number of hydrogen-bond acceptors (Lipinski definition) is 2. The minimum absolute atomic E-state index is 0.0424. The van der Waals surface area contributed by atoms with Crippen molar-refractivity contribution in [1.82, 2.24) is 9.88 Å². The first-order chi connectivity index (χ1) is 9.71. The van der Waals surface area contributed by atoms with E-state index >= 15 is 0 Å². The minimum Gasteiger partial charge on any atom is -0.355 e. The molecule has 1 aromatic heterocycles. The lowest BCUT2D eigenvalue weighted by Gasteiger charge is -2.16. The molecule has 0 unspecified atom stereocenters. The molecular formula is C14H19F3N2O2. The largest absolute Gasteiger partial charge is 0.389 e. The van der Waals surface area contributed by atoms with Gasteiger partial charge in [-0.1, -0.05) is 6.92 Å². The number of aryl methyl sites for hydroxylation is 1. The number of pyridine rings is 1. The van der Waals surface area contributed by atoms with Gasteiger partial charge in [0.2, 0.25) is 0 Å². The molecular weight excluding hydrogens is 285 g/mol. The highest BCUT2D eigenvalue weighted by Crippen LogP contribution is 2.22. The smallest absolute Gasteiger partial charge is 0.355 e. The van der Waals surface area contributed by atoms with Crippen LogP contribution in [0.15, 0.2) is 10.9 Å². The summed E-state index contributed by atoms with van der Waals surface area (Å²) in [6.07, 6.45) is -4.87. The van der Waals surface area contributed by atoms with E-state index in [1.807, 2.05) is 6.92 Å². The van der Waals surface area contributed by atoms with Crippen molar-refractivity contribution >= 4 is 5.91 Å². The van der Waals surface area contributed by atoms with Crippen molar-refractivity contribution in [2.24, 2.45) is 0 Å². The van der Waals surface area contributed by atoms with Gasteiger partial charge in [0.1, 0.15) is 5.56 Å². The summed E-state index contributed by atoms with van der Waals surface area (Å²) < 4.78 is 38.0. The first-order valence-corrected chi connectivity index (χ1v) is 6.73. The van der Waals surface area contributed by atoms with Gasteiger partial charge in [-0.15, -0.1) is 0 Å². The zero-order valence-electron chi connectivity index (χ0n) is 12.3.